The van der Waals surface area contributed by atoms with Gasteiger partial charge < -0.3 is 5.73 Å². The molecule has 2 N–H and O–H groups in total. The zero-order valence-electron chi connectivity index (χ0n) is 11.8. The first-order valence-electron chi connectivity index (χ1n) is 6.75. The lowest BCUT2D eigenvalue weighted by atomic mass is 9.86. The molecule has 0 amide bonds. The Morgan fingerprint density at radius 1 is 1.05 bits per heavy atom. The molecule has 0 aromatic heterocycles. The van der Waals surface area contributed by atoms with Gasteiger partial charge in [-0.05, 0) is 42.5 Å². The normalized spacial score (nSPS) is 14.1. The first-order chi connectivity index (χ1) is 9.44. The standard InChI is InChI=1S/C17H19Cl2N/c1-3-12-7-9-14(10-8-12)17(2,20)11-13-5-4-6-15(18)16(13)19/h4-10H,3,11,20H2,1-2H3. The van der Waals surface area contributed by atoms with Crippen LogP contribution in [0.25, 0.3) is 0 Å². The second kappa shape index (κ2) is 6.17. The molecule has 0 aliphatic rings. The highest BCUT2D eigenvalue weighted by Gasteiger charge is 2.23. The number of aryl methyl sites for hydroxylation is 1. The largest absolute Gasteiger partial charge is 0.321 e. The van der Waals surface area contributed by atoms with Crippen LogP contribution in [0, 0.1) is 0 Å². The quantitative estimate of drug-likeness (QED) is 0.847. The molecule has 0 heterocycles. The van der Waals surface area contributed by atoms with Crippen molar-refractivity contribution >= 4 is 23.2 Å². The van der Waals surface area contributed by atoms with Crippen LogP contribution >= 0.6 is 23.2 Å². The third-order valence-electron chi connectivity index (χ3n) is 3.61. The zero-order valence-corrected chi connectivity index (χ0v) is 13.3. The Labute approximate surface area is 130 Å². The highest BCUT2D eigenvalue weighted by Crippen LogP contribution is 2.31. The van der Waals surface area contributed by atoms with Crippen molar-refractivity contribution in [1.82, 2.24) is 0 Å². The second-order valence-corrected chi connectivity index (χ2v) is 6.14. The fourth-order valence-electron chi connectivity index (χ4n) is 2.30. The number of hydrogen-bond donors (Lipinski definition) is 1. The first-order valence-corrected chi connectivity index (χ1v) is 7.51. The summed E-state index contributed by atoms with van der Waals surface area (Å²) in [6.45, 7) is 4.16. The van der Waals surface area contributed by atoms with E-state index in [0.29, 0.717) is 16.5 Å². The van der Waals surface area contributed by atoms with Gasteiger partial charge in [-0.1, -0.05) is 66.5 Å². The molecule has 0 saturated carbocycles. The third-order valence-corrected chi connectivity index (χ3v) is 4.47. The number of halogens is 2. The Bertz CT molecular complexity index is 588. The molecule has 0 spiro atoms. The minimum absolute atomic E-state index is 0.472. The third kappa shape index (κ3) is 3.35. The van der Waals surface area contributed by atoms with E-state index in [9.17, 15) is 0 Å². The van der Waals surface area contributed by atoms with Crippen LogP contribution in [0.2, 0.25) is 10.0 Å². The molecule has 2 aromatic rings. The van der Waals surface area contributed by atoms with Gasteiger partial charge in [-0.15, -0.1) is 0 Å². The maximum atomic E-state index is 6.48. The van der Waals surface area contributed by atoms with Gasteiger partial charge in [-0.25, -0.2) is 0 Å². The van der Waals surface area contributed by atoms with Gasteiger partial charge in [0.25, 0.3) is 0 Å². The lowest BCUT2D eigenvalue weighted by Crippen LogP contribution is -2.35. The zero-order chi connectivity index (χ0) is 14.8. The molecule has 0 radical (unpaired) electrons. The van der Waals surface area contributed by atoms with Gasteiger partial charge >= 0.3 is 0 Å². The van der Waals surface area contributed by atoms with Gasteiger partial charge in [0.1, 0.15) is 0 Å². The molecule has 0 aliphatic carbocycles. The summed E-state index contributed by atoms with van der Waals surface area (Å²) in [5, 5.41) is 1.16. The van der Waals surface area contributed by atoms with Crippen LogP contribution in [0.4, 0.5) is 0 Å². The van der Waals surface area contributed by atoms with E-state index in [1.165, 1.54) is 5.56 Å². The van der Waals surface area contributed by atoms with Gasteiger partial charge in [-0.2, -0.15) is 0 Å². The number of hydrogen-bond acceptors (Lipinski definition) is 1. The van der Waals surface area contributed by atoms with E-state index in [1.807, 2.05) is 19.1 Å². The fraction of sp³-hybridized carbons (Fsp3) is 0.294. The molecule has 0 bridgehead atoms. The molecule has 2 rings (SSSR count). The van der Waals surface area contributed by atoms with E-state index in [4.69, 9.17) is 28.9 Å². The van der Waals surface area contributed by atoms with E-state index >= 15 is 0 Å². The molecule has 0 saturated heterocycles. The first kappa shape index (κ1) is 15.4. The average molecular weight is 308 g/mol. The lowest BCUT2D eigenvalue weighted by molar-refractivity contribution is 0.491. The van der Waals surface area contributed by atoms with Crippen LogP contribution in [0.5, 0.6) is 0 Å². The van der Waals surface area contributed by atoms with Crippen molar-refractivity contribution in [2.24, 2.45) is 5.73 Å². The van der Waals surface area contributed by atoms with Crippen LogP contribution < -0.4 is 5.73 Å². The molecule has 20 heavy (non-hydrogen) atoms. The Hall–Kier alpha value is -1.02. The van der Waals surface area contributed by atoms with Gasteiger partial charge in [0.05, 0.1) is 10.0 Å². The summed E-state index contributed by atoms with van der Waals surface area (Å²) in [7, 11) is 0. The molecule has 0 aliphatic heterocycles. The summed E-state index contributed by atoms with van der Waals surface area (Å²) in [6, 6.07) is 14.1. The van der Waals surface area contributed by atoms with Crippen LogP contribution in [-0.2, 0) is 18.4 Å². The van der Waals surface area contributed by atoms with Crippen LogP contribution in [0.1, 0.15) is 30.5 Å². The van der Waals surface area contributed by atoms with Gasteiger partial charge in [-0.3, -0.25) is 0 Å². The van der Waals surface area contributed by atoms with Crippen molar-refractivity contribution < 1.29 is 0 Å². The summed E-state index contributed by atoms with van der Waals surface area (Å²) in [4.78, 5) is 0. The van der Waals surface area contributed by atoms with Crippen LogP contribution in [0.15, 0.2) is 42.5 Å². The van der Waals surface area contributed by atoms with Crippen molar-refractivity contribution in [2.75, 3.05) is 0 Å². The van der Waals surface area contributed by atoms with E-state index in [1.54, 1.807) is 6.07 Å². The summed E-state index contributed by atoms with van der Waals surface area (Å²) in [5.41, 5.74) is 9.40. The molecule has 3 heteroatoms. The van der Waals surface area contributed by atoms with E-state index in [0.717, 1.165) is 17.5 Å². The Balaban J connectivity index is 2.27. The maximum absolute atomic E-state index is 6.48. The monoisotopic (exact) mass is 307 g/mol. The van der Waals surface area contributed by atoms with Crippen molar-refractivity contribution in [3.8, 4) is 0 Å². The predicted octanol–water partition coefficient (Wildman–Crippen LogP) is 4.97. The van der Waals surface area contributed by atoms with E-state index in [-0.39, 0.29) is 0 Å². The van der Waals surface area contributed by atoms with E-state index in [2.05, 4.69) is 31.2 Å². The summed E-state index contributed by atoms with van der Waals surface area (Å²) >= 11 is 12.3. The number of rotatable bonds is 4. The molecular formula is C17H19Cl2N. The minimum atomic E-state index is -0.472. The summed E-state index contributed by atoms with van der Waals surface area (Å²) < 4.78 is 0. The van der Waals surface area contributed by atoms with Crippen LogP contribution in [-0.4, -0.2) is 0 Å². The second-order valence-electron chi connectivity index (χ2n) is 5.36. The SMILES string of the molecule is CCc1ccc(C(C)(N)Cc2cccc(Cl)c2Cl)cc1. The maximum Gasteiger partial charge on any atom is 0.0625 e. The van der Waals surface area contributed by atoms with Crippen molar-refractivity contribution in [3.63, 3.8) is 0 Å². The minimum Gasteiger partial charge on any atom is -0.321 e. The molecular weight excluding hydrogens is 289 g/mol. The van der Waals surface area contributed by atoms with Crippen molar-refractivity contribution in [3.05, 3.63) is 69.2 Å². The Kier molecular flexibility index (Phi) is 4.74. The van der Waals surface area contributed by atoms with Crippen molar-refractivity contribution in [1.29, 1.82) is 0 Å². The molecule has 106 valence electrons. The number of nitrogens with two attached hydrogens (primary N) is 1. The van der Waals surface area contributed by atoms with Crippen molar-refractivity contribution in [2.45, 2.75) is 32.2 Å². The smallest absolute Gasteiger partial charge is 0.0625 e. The molecule has 1 nitrogen and oxygen atoms in total. The Morgan fingerprint density at radius 3 is 2.30 bits per heavy atom. The highest BCUT2D eigenvalue weighted by atomic mass is 35.5. The predicted molar refractivity (Wildman–Crippen MR) is 87.5 cm³/mol. The summed E-state index contributed by atoms with van der Waals surface area (Å²) in [5.74, 6) is 0. The lowest BCUT2D eigenvalue weighted by Gasteiger charge is -2.26. The van der Waals surface area contributed by atoms with Crippen LogP contribution in [0.3, 0.4) is 0 Å². The van der Waals surface area contributed by atoms with Gasteiger partial charge in [0.2, 0.25) is 0 Å². The Morgan fingerprint density at radius 2 is 1.70 bits per heavy atom. The molecule has 2 aromatic carbocycles. The van der Waals surface area contributed by atoms with Gasteiger partial charge in [0.15, 0.2) is 0 Å². The highest BCUT2D eigenvalue weighted by molar-refractivity contribution is 6.42. The molecule has 1 unspecified atom stereocenters. The molecule has 0 fully saturated rings. The average Bonchev–Trinajstić information content (AvgIpc) is 2.44. The van der Waals surface area contributed by atoms with E-state index < -0.39 is 5.54 Å². The topological polar surface area (TPSA) is 26.0 Å². The van der Waals surface area contributed by atoms with Gasteiger partial charge in [0, 0.05) is 5.54 Å². The summed E-state index contributed by atoms with van der Waals surface area (Å²) in [6.07, 6.45) is 1.68. The fourth-order valence-corrected chi connectivity index (χ4v) is 2.69. The molecule has 1 atom stereocenters. The number of benzene rings is 2.